The lowest BCUT2D eigenvalue weighted by Crippen LogP contribution is -2.30. The Hall–Kier alpha value is -1.10. The molecule has 0 radical (unpaired) electrons. The quantitative estimate of drug-likeness (QED) is 0.668. The van der Waals surface area contributed by atoms with Crippen molar-refractivity contribution >= 4 is 0 Å². The second-order valence-electron chi connectivity index (χ2n) is 3.85. The van der Waals surface area contributed by atoms with Crippen LogP contribution in [0, 0.1) is 5.92 Å². The third-order valence-electron chi connectivity index (χ3n) is 1.94. The van der Waals surface area contributed by atoms with Gasteiger partial charge in [-0.1, -0.05) is 13.8 Å². The van der Waals surface area contributed by atoms with Crippen molar-refractivity contribution in [2.75, 3.05) is 13.1 Å². The fraction of sp³-hybridized carbons (Fsp3) is 0.778. The van der Waals surface area contributed by atoms with Crippen molar-refractivity contribution < 1.29 is 0 Å². The Bertz CT molecular complexity index is 326. The average Bonchev–Trinajstić information content (AvgIpc) is 2.43. The molecule has 1 N–H and O–H groups in total. The van der Waals surface area contributed by atoms with Crippen LogP contribution in [0.2, 0.25) is 0 Å². The molecule has 0 aromatic carbocycles. The summed E-state index contributed by atoms with van der Waals surface area (Å²) in [6.07, 6.45) is 1.53. The van der Waals surface area contributed by atoms with Crippen LogP contribution in [0.4, 0.5) is 0 Å². The lowest BCUT2D eigenvalue weighted by Gasteiger charge is -2.06. The van der Waals surface area contributed by atoms with Crippen molar-refractivity contribution in [3.05, 3.63) is 16.8 Å². The Morgan fingerprint density at radius 3 is 2.79 bits per heavy atom. The van der Waals surface area contributed by atoms with Gasteiger partial charge < -0.3 is 5.32 Å². The van der Waals surface area contributed by atoms with E-state index in [-0.39, 0.29) is 5.69 Å². The Labute approximate surface area is 83.7 Å². The molecule has 0 unspecified atom stereocenters. The molecule has 1 rings (SSSR count). The van der Waals surface area contributed by atoms with Gasteiger partial charge in [0.1, 0.15) is 6.33 Å². The molecule has 0 atom stereocenters. The summed E-state index contributed by atoms with van der Waals surface area (Å²) >= 11 is 0. The van der Waals surface area contributed by atoms with Crippen molar-refractivity contribution in [3.63, 3.8) is 0 Å². The van der Waals surface area contributed by atoms with Crippen LogP contribution in [0.15, 0.2) is 11.1 Å². The molecule has 0 aliphatic rings. The van der Waals surface area contributed by atoms with Crippen LogP contribution in [-0.2, 0) is 13.6 Å². The lowest BCUT2D eigenvalue weighted by molar-refractivity contribution is 0.497. The first kappa shape index (κ1) is 11.0. The van der Waals surface area contributed by atoms with Gasteiger partial charge in [0.25, 0.3) is 0 Å². The summed E-state index contributed by atoms with van der Waals surface area (Å²) in [5.41, 5.74) is -0.0589. The monoisotopic (exact) mass is 198 g/mol. The summed E-state index contributed by atoms with van der Waals surface area (Å²) < 4.78 is 2.94. The molecular formula is C9H18N4O. The molecule has 0 amide bonds. The van der Waals surface area contributed by atoms with Gasteiger partial charge in [-0.2, -0.15) is 5.10 Å². The smallest absolute Gasteiger partial charge is 0.315 e. The average molecular weight is 198 g/mol. The van der Waals surface area contributed by atoms with Crippen LogP contribution in [0.5, 0.6) is 0 Å². The van der Waals surface area contributed by atoms with E-state index >= 15 is 0 Å². The Morgan fingerprint density at radius 2 is 2.29 bits per heavy atom. The van der Waals surface area contributed by atoms with Crippen LogP contribution >= 0.6 is 0 Å². The van der Waals surface area contributed by atoms with Crippen LogP contribution in [0.1, 0.15) is 13.8 Å². The molecule has 80 valence electrons. The van der Waals surface area contributed by atoms with Crippen molar-refractivity contribution in [1.82, 2.24) is 19.7 Å². The number of aryl methyl sites for hydroxylation is 1. The first-order valence-corrected chi connectivity index (χ1v) is 4.90. The number of aromatic nitrogens is 3. The number of nitrogens with one attached hydrogen (secondary N) is 1. The second kappa shape index (κ2) is 4.95. The maximum Gasteiger partial charge on any atom is 0.345 e. The molecule has 1 aromatic heterocycles. The third kappa shape index (κ3) is 2.99. The first-order chi connectivity index (χ1) is 6.61. The van der Waals surface area contributed by atoms with Gasteiger partial charge in [-0.15, -0.1) is 0 Å². The molecule has 0 bridgehead atoms. The Morgan fingerprint density at radius 1 is 1.57 bits per heavy atom. The molecule has 0 aliphatic heterocycles. The van der Waals surface area contributed by atoms with Gasteiger partial charge in [-0.05, 0) is 12.5 Å². The summed E-state index contributed by atoms with van der Waals surface area (Å²) in [4.78, 5) is 11.3. The summed E-state index contributed by atoms with van der Waals surface area (Å²) in [7, 11) is 1.70. The molecule has 0 aliphatic carbocycles. The highest BCUT2D eigenvalue weighted by Crippen LogP contribution is 1.86. The van der Waals surface area contributed by atoms with Crippen molar-refractivity contribution in [1.29, 1.82) is 0 Å². The third-order valence-corrected chi connectivity index (χ3v) is 1.94. The molecule has 14 heavy (non-hydrogen) atoms. The first-order valence-electron chi connectivity index (χ1n) is 4.90. The summed E-state index contributed by atoms with van der Waals surface area (Å²) in [5.74, 6) is 0.635. The fourth-order valence-electron chi connectivity index (χ4n) is 1.15. The van der Waals surface area contributed by atoms with E-state index in [1.807, 2.05) is 0 Å². The van der Waals surface area contributed by atoms with Crippen LogP contribution in [0.3, 0.4) is 0 Å². The fourth-order valence-corrected chi connectivity index (χ4v) is 1.15. The maximum absolute atomic E-state index is 11.3. The van der Waals surface area contributed by atoms with Gasteiger partial charge in [0.2, 0.25) is 0 Å². The highest BCUT2D eigenvalue weighted by atomic mass is 16.2. The largest absolute Gasteiger partial charge is 0.345 e. The lowest BCUT2D eigenvalue weighted by atomic mass is 10.2. The second-order valence-corrected chi connectivity index (χ2v) is 3.85. The molecule has 5 nitrogen and oxygen atoms in total. The maximum atomic E-state index is 11.3. The summed E-state index contributed by atoms with van der Waals surface area (Å²) in [6, 6.07) is 0. The van der Waals surface area contributed by atoms with Crippen molar-refractivity contribution in [2.45, 2.75) is 20.4 Å². The zero-order valence-corrected chi connectivity index (χ0v) is 9.03. The van der Waals surface area contributed by atoms with Crippen LogP contribution < -0.4 is 11.0 Å². The molecule has 0 saturated carbocycles. The van der Waals surface area contributed by atoms with E-state index in [9.17, 15) is 4.79 Å². The molecule has 1 heterocycles. The normalized spacial score (nSPS) is 11.1. The van der Waals surface area contributed by atoms with Crippen LogP contribution in [0.25, 0.3) is 0 Å². The molecule has 1 aromatic rings. The number of rotatable bonds is 5. The van der Waals surface area contributed by atoms with E-state index in [2.05, 4.69) is 24.3 Å². The van der Waals surface area contributed by atoms with Gasteiger partial charge in [0.15, 0.2) is 0 Å². The molecule has 0 saturated heterocycles. The summed E-state index contributed by atoms with van der Waals surface area (Å²) in [6.45, 7) is 6.70. The van der Waals surface area contributed by atoms with Gasteiger partial charge >= 0.3 is 5.69 Å². The number of hydrogen-bond donors (Lipinski definition) is 1. The van der Waals surface area contributed by atoms with E-state index in [0.717, 1.165) is 13.1 Å². The van der Waals surface area contributed by atoms with E-state index in [1.165, 1.54) is 15.6 Å². The van der Waals surface area contributed by atoms with E-state index in [4.69, 9.17) is 0 Å². The minimum absolute atomic E-state index is 0.0589. The predicted octanol–water partition coefficient (Wildman–Crippen LogP) is -0.173. The molecule has 5 heteroatoms. The SMILES string of the molecule is CC(C)CNCCn1ncn(C)c1=O. The van der Waals surface area contributed by atoms with Crippen LogP contribution in [-0.4, -0.2) is 27.4 Å². The van der Waals surface area contributed by atoms with Gasteiger partial charge in [-0.25, -0.2) is 9.48 Å². The molecular weight excluding hydrogens is 180 g/mol. The van der Waals surface area contributed by atoms with Gasteiger partial charge in [0.05, 0.1) is 6.54 Å². The zero-order chi connectivity index (χ0) is 10.6. The number of hydrogen-bond acceptors (Lipinski definition) is 3. The van der Waals surface area contributed by atoms with E-state index < -0.39 is 0 Å². The molecule has 0 fully saturated rings. The Kier molecular flexibility index (Phi) is 3.88. The van der Waals surface area contributed by atoms with E-state index in [0.29, 0.717) is 12.5 Å². The van der Waals surface area contributed by atoms with E-state index in [1.54, 1.807) is 7.05 Å². The topological polar surface area (TPSA) is 51.9 Å². The van der Waals surface area contributed by atoms with Crippen molar-refractivity contribution in [2.24, 2.45) is 13.0 Å². The predicted molar refractivity (Wildman–Crippen MR) is 55.2 cm³/mol. The van der Waals surface area contributed by atoms with Gasteiger partial charge in [0, 0.05) is 13.6 Å². The highest BCUT2D eigenvalue weighted by molar-refractivity contribution is 4.65. The minimum Gasteiger partial charge on any atom is -0.315 e. The minimum atomic E-state index is -0.0589. The highest BCUT2D eigenvalue weighted by Gasteiger charge is 2.00. The molecule has 0 spiro atoms. The Balaban J connectivity index is 2.32. The number of nitrogens with zero attached hydrogens (tertiary/aromatic N) is 3. The summed E-state index contributed by atoms with van der Waals surface area (Å²) in [5, 5.41) is 7.22. The zero-order valence-electron chi connectivity index (χ0n) is 9.03. The van der Waals surface area contributed by atoms with Crippen molar-refractivity contribution in [3.8, 4) is 0 Å². The standard InChI is InChI=1S/C9H18N4O/c1-8(2)6-10-4-5-13-9(14)12(3)7-11-13/h7-8,10H,4-6H2,1-3H3. The van der Waals surface area contributed by atoms with Gasteiger partial charge in [-0.3, -0.25) is 4.57 Å².